The van der Waals surface area contributed by atoms with Crippen LogP contribution in [-0.4, -0.2) is 55.1 Å². The molecule has 1 atom stereocenters. The first kappa shape index (κ1) is 24.4. The van der Waals surface area contributed by atoms with Gasteiger partial charge in [-0.05, 0) is 50.8 Å². The predicted octanol–water partition coefficient (Wildman–Crippen LogP) is 2.53. The molecule has 0 aromatic heterocycles. The van der Waals surface area contributed by atoms with Gasteiger partial charge in [0.15, 0.2) is 0 Å². The number of benzene rings is 1. The standard InChI is InChI=1S/C21H33N3O3.ClH/c1-15(2)19(23-20(25)17-7-4-6-16(3)14-17)21(26)24-11-8-18(9-12-24)27-13-5-10-22;/h4,6-7,14-15,18-19H,5,8-13,22H2,1-3H3,(H,23,25);1H. The van der Waals surface area contributed by atoms with E-state index in [1.807, 2.05) is 43.9 Å². The summed E-state index contributed by atoms with van der Waals surface area (Å²) in [4.78, 5) is 27.4. The van der Waals surface area contributed by atoms with E-state index in [2.05, 4.69) is 5.32 Å². The highest BCUT2D eigenvalue weighted by atomic mass is 35.5. The summed E-state index contributed by atoms with van der Waals surface area (Å²) in [7, 11) is 0. The maximum Gasteiger partial charge on any atom is 0.251 e. The molecule has 2 amide bonds. The van der Waals surface area contributed by atoms with E-state index in [1.54, 1.807) is 6.07 Å². The first-order chi connectivity index (χ1) is 12.9. The first-order valence-corrected chi connectivity index (χ1v) is 9.90. The largest absolute Gasteiger partial charge is 0.378 e. The number of amides is 2. The molecule has 3 N–H and O–H groups in total. The van der Waals surface area contributed by atoms with E-state index in [9.17, 15) is 9.59 Å². The monoisotopic (exact) mass is 411 g/mol. The molecule has 0 spiro atoms. The first-order valence-electron chi connectivity index (χ1n) is 9.90. The smallest absolute Gasteiger partial charge is 0.251 e. The van der Waals surface area contributed by atoms with Crippen molar-refractivity contribution in [3.05, 3.63) is 35.4 Å². The number of piperidine rings is 1. The summed E-state index contributed by atoms with van der Waals surface area (Å²) in [6, 6.07) is 6.89. The second-order valence-corrected chi connectivity index (χ2v) is 7.60. The van der Waals surface area contributed by atoms with E-state index in [1.165, 1.54) is 0 Å². The van der Waals surface area contributed by atoms with Crippen molar-refractivity contribution in [1.82, 2.24) is 10.2 Å². The number of likely N-dealkylation sites (tertiary alicyclic amines) is 1. The molecule has 0 saturated carbocycles. The highest BCUT2D eigenvalue weighted by Crippen LogP contribution is 2.17. The third-order valence-electron chi connectivity index (χ3n) is 4.96. The Balaban J connectivity index is 0.00000392. The number of halogens is 1. The van der Waals surface area contributed by atoms with Gasteiger partial charge < -0.3 is 20.7 Å². The molecule has 158 valence electrons. The predicted molar refractivity (Wildman–Crippen MR) is 114 cm³/mol. The molecule has 1 aromatic rings. The number of hydrogen-bond donors (Lipinski definition) is 2. The van der Waals surface area contributed by atoms with Gasteiger partial charge in [0.25, 0.3) is 5.91 Å². The van der Waals surface area contributed by atoms with Crippen LogP contribution < -0.4 is 11.1 Å². The van der Waals surface area contributed by atoms with Crippen LogP contribution in [0.25, 0.3) is 0 Å². The van der Waals surface area contributed by atoms with Crippen molar-refractivity contribution in [3.63, 3.8) is 0 Å². The molecule has 1 aliphatic heterocycles. The highest BCUT2D eigenvalue weighted by Gasteiger charge is 2.31. The van der Waals surface area contributed by atoms with Crippen molar-refractivity contribution < 1.29 is 14.3 Å². The lowest BCUT2D eigenvalue weighted by molar-refractivity contribution is -0.137. The molecule has 1 aromatic carbocycles. The lowest BCUT2D eigenvalue weighted by atomic mass is 9.99. The number of nitrogens with zero attached hydrogens (tertiary/aromatic N) is 1. The molecule has 1 heterocycles. The quantitative estimate of drug-likeness (QED) is 0.644. The van der Waals surface area contributed by atoms with Crippen molar-refractivity contribution in [3.8, 4) is 0 Å². The fraction of sp³-hybridized carbons (Fsp3) is 0.619. The average Bonchev–Trinajstić information content (AvgIpc) is 2.66. The van der Waals surface area contributed by atoms with Crippen LogP contribution in [0.5, 0.6) is 0 Å². The summed E-state index contributed by atoms with van der Waals surface area (Å²) in [6.07, 6.45) is 2.71. The molecule has 0 bridgehead atoms. The van der Waals surface area contributed by atoms with Gasteiger partial charge in [-0.25, -0.2) is 0 Å². The van der Waals surface area contributed by atoms with E-state index >= 15 is 0 Å². The Morgan fingerprint density at radius 2 is 1.96 bits per heavy atom. The van der Waals surface area contributed by atoms with E-state index in [0.29, 0.717) is 31.8 Å². The summed E-state index contributed by atoms with van der Waals surface area (Å²) in [5.41, 5.74) is 7.09. The lowest BCUT2D eigenvalue weighted by Crippen LogP contribution is -2.53. The number of ether oxygens (including phenoxy) is 1. The topological polar surface area (TPSA) is 84.7 Å². The van der Waals surface area contributed by atoms with Gasteiger partial charge in [-0.15, -0.1) is 12.4 Å². The van der Waals surface area contributed by atoms with Gasteiger partial charge in [-0.1, -0.05) is 31.5 Å². The Kier molecular flexibility index (Phi) is 10.5. The average molecular weight is 412 g/mol. The van der Waals surface area contributed by atoms with E-state index in [0.717, 1.165) is 24.8 Å². The summed E-state index contributed by atoms with van der Waals surface area (Å²) in [6.45, 7) is 8.50. The highest BCUT2D eigenvalue weighted by molar-refractivity contribution is 5.97. The zero-order chi connectivity index (χ0) is 19.8. The van der Waals surface area contributed by atoms with Gasteiger partial charge in [0.05, 0.1) is 6.10 Å². The summed E-state index contributed by atoms with van der Waals surface area (Å²) >= 11 is 0. The van der Waals surface area contributed by atoms with Crippen LogP contribution >= 0.6 is 12.4 Å². The number of carbonyl (C=O) groups excluding carboxylic acids is 2. The van der Waals surface area contributed by atoms with Crippen LogP contribution in [0.15, 0.2) is 24.3 Å². The van der Waals surface area contributed by atoms with Crippen molar-refractivity contribution >= 4 is 24.2 Å². The van der Waals surface area contributed by atoms with Crippen molar-refractivity contribution in [1.29, 1.82) is 0 Å². The molecule has 6 nitrogen and oxygen atoms in total. The number of nitrogens with one attached hydrogen (secondary N) is 1. The Bertz CT molecular complexity index is 631. The summed E-state index contributed by atoms with van der Waals surface area (Å²) < 4.78 is 5.81. The van der Waals surface area contributed by atoms with Gasteiger partial charge in [-0.3, -0.25) is 9.59 Å². The maximum absolute atomic E-state index is 13.0. The molecule has 28 heavy (non-hydrogen) atoms. The number of aryl methyl sites for hydroxylation is 1. The molecule has 0 radical (unpaired) electrons. The molecule has 1 aliphatic rings. The van der Waals surface area contributed by atoms with Gasteiger partial charge in [-0.2, -0.15) is 0 Å². The van der Waals surface area contributed by atoms with E-state index in [4.69, 9.17) is 10.5 Å². The third-order valence-corrected chi connectivity index (χ3v) is 4.96. The Hall–Kier alpha value is -1.63. The molecule has 1 fully saturated rings. The molecule has 1 saturated heterocycles. The van der Waals surface area contributed by atoms with E-state index in [-0.39, 0.29) is 36.2 Å². The van der Waals surface area contributed by atoms with E-state index < -0.39 is 6.04 Å². The number of nitrogens with two attached hydrogens (primary N) is 1. The molecule has 7 heteroatoms. The molecular formula is C21H34ClN3O3. The van der Waals surface area contributed by atoms with Crippen LogP contribution in [-0.2, 0) is 9.53 Å². The van der Waals surface area contributed by atoms with Crippen molar-refractivity contribution in [2.45, 2.75) is 52.2 Å². The minimum Gasteiger partial charge on any atom is -0.378 e. The second-order valence-electron chi connectivity index (χ2n) is 7.60. The molecule has 1 unspecified atom stereocenters. The summed E-state index contributed by atoms with van der Waals surface area (Å²) in [5.74, 6) is -0.193. The van der Waals surface area contributed by atoms with Crippen LogP contribution in [0.2, 0.25) is 0 Å². The third kappa shape index (κ3) is 7.08. The van der Waals surface area contributed by atoms with Gasteiger partial charge >= 0.3 is 0 Å². The molecule has 0 aliphatic carbocycles. The SMILES string of the molecule is Cc1cccc(C(=O)NC(C(=O)N2CCC(OCCCN)CC2)C(C)C)c1.Cl. The van der Waals surface area contributed by atoms with Gasteiger partial charge in [0.1, 0.15) is 6.04 Å². The lowest BCUT2D eigenvalue weighted by Gasteiger charge is -2.35. The zero-order valence-electron chi connectivity index (χ0n) is 17.1. The van der Waals surface area contributed by atoms with Crippen molar-refractivity contribution in [2.24, 2.45) is 11.7 Å². The second kappa shape index (κ2) is 12.0. The Morgan fingerprint density at radius 1 is 1.29 bits per heavy atom. The minimum absolute atomic E-state index is 0. The number of carbonyl (C=O) groups is 2. The van der Waals surface area contributed by atoms with Crippen LogP contribution in [0, 0.1) is 12.8 Å². The Morgan fingerprint density at radius 3 is 2.54 bits per heavy atom. The minimum atomic E-state index is -0.521. The Labute approximate surface area is 174 Å². The maximum atomic E-state index is 13.0. The normalized spacial score (nSPS) is 15.8. The van der Waals surface area contributed by atoms with Crippen LogP contribution in [0.4, 0.5) is 0 Å². The molecular weight excluding hydrogens is 378 g/mol. The summed E-state index contributed by atoms with van der Waals surface area (Å²) in [5, 5.41) is 2.93. The van der Waals surface area contributed by atoms with Crippen LogP contribution in [0.1, 0.15) is 49.0 Å². The number of hydrogen-bond acceptors (Lipinski definition) is 4. The zero-order valence-corrected chi connectivity index (χ0v) is 18.0. The number of rotatable bonds is 8. The fourth-order valence-electron chi connectivity index (χ4n) is 3.30. The van der Waals surface area contributed by atoms with Crippen LogP contribution in [0.3, 0.4) is 0 Å². The van der Waals surface area contributed by atoms with Crippen molar-refractivity contribution in [2.75, 3.05) is 26.2 Å². The fourth-order valence-corrected chi connectivity index (χ4v) is 3.30. The van der Waals surface area contributed by atoms with Gasteiger partial charge in [0.2, 0.25) is 5.91 Å². The molecule has 2 rings (SSSR count). The van der Waals surface area contributed by atoms with Gasteiger partial charge in [0, 0.05) is 25.3 Å².